The van der Waals surface area contributed by atoms with Crippen LogP contribution in [-0.2, 0) is 32.6 Å². The van der Waals surface area contributed by atoms with Crippen LogP contribution < -0.4 is 9.62 Å². The lowest BCUT2D eigenvalue weighted by atomic mass is 10.0. The minimum atomic E-state index is -4.23. The normalized spacial score (nSPS) is 11.9. The molecule has 2 amide bonds. The maximum atomic E-state index is 14.4. The molecule has 0 saturated carbocycles. The fourth-order valence-corrected chi connectivity index (χ4v) is 6.78. The van der Waals surface area contributed by atoms with Crippen LogP contribution in [0.3, 0.4) is 0 Å². The molecule has 0 aliphatic rings. The summed E-state index contributed by atoms with van der Waals surface area (Å²) in [6.45, 7) is 1.57. The Bertz CT molecular complexity index is 1670. The zero-order chi connectivity index (χ0) is 31.7. The number of carbonyl (C=O) groups excluding carboxylic acids is 2. The minimum Gasteiger partial charge on any atom is -0.354 e. The second-order valence-corrected chi connectivity index (χ2v) is 13.1. The van der Waals surface area contributed by atoms with Gasteiger partial charge in [0.15, 0.2) is 0 Å². The van der Waals surface area contributed by atoms with Gasteiger partial charge in [-0.05, 0) is 54.4 Å². The van der Waals surface area contributed by atoms with E-state index < -0.39 is 28.5 Å². The van der Waals surface area contributed by atoms with Crippen LogP contribution in [0.2, 0.25) is 15.1 Å². The Balaban J connectivity index is 1.82. The summed E-state index contributed by atoms with van der Waals surface area (Å²) in [5.74, 6) is -1.01. The van der Waals surface area contributed by atoms with Crippen molar-refractivity contribution in [2.24, 2.45) is 0 Å². The van der Waals surface area contributed by atoms with Gasteiger partial charge in [-0.1, -0.05) is 102 Å². The first-order valence-electron chi connectivity index (χ1n) is 14.0. The van der Waals surface area contributed by atoms with Crippen LogP contribution in [-0.4, -0.2) is 44.3 Å². The smallest absolute Gasteiger partial charge is 0.264 e. The van der Waals surface area contributed by atoms with Gasteiger partial charge in [0.2, 0.25) is 11.8 Å². The Morgan fingerprint density at radius 3 is 2.05 bits per heavy atom. The molecule has 0 aliphatic carbocycles. The van der Waals surface area contributed by atoms with Crippen molar-refractivity contribution in [2.75, 3.05) is 17.4 Å². The van der Waals surface area contributed by atoms with Crippen molar-refractivity contribution >= 4 is 62.3 Å². The van der Waals surface area contributed by atoms with E-state index in [2.05, 4.69) is 5.32 Å². The molecular weight excluding hydrogens is 641 g/mol. The molecule has 4 rings (SSSR count). The Morgan fingerprint density at radius 1 is 0.818 bits per heavy atom. The predicted octanol–water partition coefficient (Wildman–Crippen LogP) is 7.01. The summed E-state index contributed by atoms with van der Waals surface area (Å²) in [4.78, 5) is 29.5. The standard InChI is InChI=1S/C33H32Cl3N3O4S/c1-2-19-37-33(41)31(20-24-11-5-3-6-12-24)38(22-28-29(35)17-10-18-30(28)36)32(40)23-39(26-14-9-13-25(34)21-26)44(42,43)27-15-7-4-8-16-27/h3-18,21,31H,2,19-20,22-23H2,1H3,(H,37,41)/t31-/m0/s1. The average molecular weight is 673 g/mol. The van der Waals surface area contributed by atoms with Crippen molar-refractivity contribution in [3.8, 4) is 0 Å². The molecule has 230 valence electrons. The summed E-state index contributed by atoms with van der Waals surface area (Å²) in [7, 11) is -4.23. The summed E-state index contributed by atoms with van der Waals surface area (Å²) in [5.41, 5.74) is 1.45. The van der Waals surface area contributed by atoms with E-state index >= 15 is 0 Å². The molecule has 11 heteroatoms. The summed E-state index contributed by atoms with van der Waals surface area (Å²) in [6.07, 6.45) is 0.860. The Morgan fingerprint density at radius 2 is 1.43 bits per heavy atom. The fraction of sp³-hybridized carbons (Fsp3) is 0.212. The van der Waals surface area contributed by atoms with Gasteiger partial charge >= 0.3 is 0 Å². The number of halogens is 3. The first kappa shape index (κ1) is 33.3. The molecule has 1 N–H and O–H groups in total. The van der Waals surface area contributed by atoms with Crippen LogP contribution in [0.1, 0.15) is 24.5 Å². The van der Waals surface area contributed by atoms with E-state index in [4.69, 9.17) is 34.8 Å². The van der Waals surface area contributed by atoms with E-state index in [1.165, 1.54) is 23.1 Å². The molecular formula is C33H32Cl3N3O4S. The molecule has 0 fully saturated rings. The molecule has 44 heavy (non-hydrogen) atoms. The number of rotatable bonds is 13. The number of carbonyl (C=O) groups is 2. The van der Waals surface area contributed by atoms with Gasteiger partial charge in [0.05, 0.1) is 10.6 Å². The van der Waals surface area contributed by atoms with Gasteiger partial charge in [-0.15, -0.1) is 0 Å². The Labute approximate surface area is 273 Å². The van der Waals surface area contributed by atoms with Crippen molar-refractivity contribution in [3.63, 3.8) is 0 Å². The molecule has 4 aromatic rings. The number of amides is 2. The zero-order valence-corrected chi connectivity index (χ0v) is 27.1. The van der Waals surface area contributed by atoms with Crippen LogP contribution >= 0.6 is 34.8 Å². The van der Waals surface area contributed by atoms with E-state index in [-0.39, 0.29) is 29.5 Å². The van der Waals surface area contributed by atoms with Crippen molar-refractivity contribution in [2.45, 2.75) is 37.2 Å². The van der Waals surface area contributed by atoms with Gasteiger partial charge in [-0.25, -0.2) is 8.42 Å². The molecule has 0 heterocycles. The van der Waals surface area contributed by atoms with Gasteiger partial charge in [0, 0.05) is 40.1 Å². The van der Waals surface area contributed by atoms with Crippen LogP contribution in [0.15, 0.2) is 108 Å². The topological polar surface area (TPSA) is 86.8 Å². The number of hydrogen-bond donors (Lipinski definition) is 1. The zero-order valence-electron chi connectivity index (χ0n) is 24.0. The maximum Gasteiger partial charge on any atom is 0.264 e. The lowest BCUT2D eigenvalue weighted by Crippen LogP contribution is -2.53. The molecule has 0 radical (unpaired) electrons. The summed E-state index contributed by atoms with van der Waals surface area (Å²) in [6, 6.07) is 27.3. The lowest BCUT2D eigenvalue weighted by Gasteiger charge is -2.34. The molecule has 0 spiro atoms. The van der Waals surface area contributed by atoms with Gasteiger partial charge in [-0.2, -0.15) is 0 Å². The van der Waals surface area contributed by atoms with E-state index in [0.717, 1.165) is 9.87 Å². The molecule has 0 saturated heterocycles. The van der Waals surface area contributed by atoms with E-state index in [0.29, 0.717) is 33.6 Å². The van der Waals surface area contributed by atoms with E-state index in [9.17, 15) is 18.0 Å². The number of benzene rings is 4. The fourth-order valence-electron chi connectivity index (χ4n) is 4.65. The van der Waals surface area contributed by atoms with E-state index in [1.54, 1.807) is 54.6 Å². The quantitative estimate of drug-likeness (QED) is 0.166. The van der Waals surface area contributed by atoms with Crippen LogP contribution in [0, 0.1) is 0 Å². The monoisotopic (exact) mass is 671 g/mol. The molecule has 0 aliphatic heterocycles. The lowest BCUT2D eigenvalue weighted by molar-refractivity contribution is -0.140. The number of nitrogens with zero attached hydrogens (tertiary/aromatic N) is 2. The molecule has 0 unspecified atom stereocenters. The SMILES string of the molecule is CCCNC(=O)[C@H](Cc1ccccc1)N(Cc1c(Cl)cccc1Cl)C(=O)CN(c1cccc(Cl)c1)S(=O)(=O)c1ccccc1. The second-order valence-electron chi connectivity index (χ2n) is 10.0. The van der Waals surface area contributed by atoms with Crippen LogP contribution in [0.5, 0.6) is 0 Å². The number of anilines is 1. The highest BCUT2D eigenvalue weighted by atomic mass is 35.5. The molecule has 4 aromatic carbocycles. The minimum absolute atomic E-state index is 0.00463. The third-order valence-electron chi connectivity index (χ3n) is 6.92. The van der Waals surface area contributed by atoms with Gasteiger partial charge in [-0.3, -0.25) is 13.9 Å². The Hall–Kier alpha value is -3.56. The van der Waals surface area contributed by atoms with Crippen molar-refractivity contribution < 1.29 is 18.0 Å². The number of nitrogens with one attached hydrogen (secondary N) is 1. The molecule has 7 nitrogen and oxygen atoms in total. The first-order chi connectivity index (χ1) is 21.1. The summed E-state index contributed by atoms with van der Waals surface area (Å²) in [5, 5.41) is 3.82. The predicted molar refractivity (Wildman–Crippen MR) is 177 cm³/mol. The van der Waals surface area contributed by atoms with E-state index in [1.807, 2.05) is 37.3 Å². The first-order valence-corrected chi connectivity index (χ1v) is 16.6. The Kier molecular flexibility index (Phi) is 11.7. The van der Waals surface area contributed by atoms with Crippen LogP contribution in [0.25, 0.3) is 0 Å². The third kappa shape index (κ3) is 8.33. The molecule has 0 aromatic heterocycles. The van der Waals surface area contributed by atoms with Crippen molar-refractivity contribution in [1.82, 2.24) is 10.2 Å². The largest absolute Gasteiger partial charge is 0.354 e. The van der Waals surface area contributed by atoms with Gasteiger partial charge in [0.1, 0.15) is 12.6 Å². The van der Waals surface area contributed by atoms with Gasteiger partial charge in [0.25, 0.3) is 10.0 Å². The van der Waals surface area contributed by atoms with Crippen molar-refractivity contribution in [1.29, 1.82) is 0 Å². The molecule has 0 bridgehead atoms. The summed E-state index contributed by atoms with van der Waals surface area (Å²) < 4.78 is 29.0. The third-order valence-corrected chi connectivity index (χ3v) is 9.65. The van der Waals surface area contributed by atoms with Gasteiger partial charge < -0.3 is 10.2 Å². The highest BCUT2D eigenvalue weighted by Crippen LogP contribution is 2.29. The van der Waals surface area contributed by atoms with Crippen molar-refractivity contribution in [3.05, 3.63) is 129 Å². The van der Waals surface area contributed by atoms with Crippen LogP contribution in [0.4, 0.5) is 5.69 Å². The highest BCUT2D eigenvalue weighted by molar-refractivity contribution is 7.92. The second kappa shape index (κ2) is 15.4. The highest BCUT2D eigenvalue weighted by Gasteiger charge is 2.35. The maximum absolute atomic E-state index is 14.4. The molecule has 1 atom stereocenters. The summed E-state index contributed by atoms with van der Waals surface area (Å²) >= 11 is 19.3. The number of hydrogen-bond acceptors (Lipinski definition) is 4. The average Bonchev–Trinajstić information content (AvgIpc) is 3.02. The number of sulfonamides is 1.